The van der Waals surface area contributed by atoms with Crippen molar-refractivity contribution < 1.29 is 14.1 Å². The molecule has 1 atom stereocenters. The Morgan fingerprint density at radius 3 is 2.60 bits per heavy atom. The maximum atomic E-state index is 12.6. The van der Waals surface area contributed by atoms with Crippen molar-refractivity contribution in [3.63, 3.8) is 0 Å². The summed E-state index contributed by atoms with van der Waals surface area (Å²) in [7, 11) is 0. The molecule has 236 valence electrons. The van der Waals surface area contributed by atoms with Crippen LogP contribution in [-0.2, 0) is 4.74 Å². The minimum atomic E-state index is -0.489. The highest BCUT2D eigenvalue weighted by Gasteiger charge is 2.48. The number of aryl methyl sites for hydroxylation is 1. The molecule has 13 nitrogen and oxygen atoms in total. The quantitative estimate of drug-likeness (QED) is 0.286. The topological polar surface area (TPSA) is 141 Å². The second-order valence-corrected chi connectivity index (χ2v) is 13.5. The van der Waals surface area contributed by atoms with E-state index >= 15 is 0 Å². The first kappa shape index (κ1) is 29.1. The van der Waals surface area contributed by atoms with Gasteiger partial charge in [-0.1, -0.05) is 11.2 Å². The number of H-pyrrole nitrogens is 1. The van der Waals surface area contributed by atoms with Gasteiger partial charge in [-0.3, -0.25) is 10.1 Å². The van der Waals surface area contributed by atoms with Gasteiger partial charge in [-0.05, 0) is 65.5 Å². The molecule has 0 bridgehead atoms. The van der Waals surface area contributed by atoms with Crippen LogP contribution >= 0.6 is 0 Å². The van der Waals surface area contributed by atoms with E-state index in [4.69, 9.17) is 19.2 Å². The van der Waals surface area contributed by atoms with E-state index in [1.807, 2.05) is 69.0 Å². The minimum Gasteiger partial charge on any atom is -0.444 e. The van der Waals surface area contributed by atoms with E-state index in [0.29, 0.717) is 23.3 Å². The van der Waals surface area contributed by atoms with Gasteiger partial charge in [-0.2, -0.15) is 15.1 Å². The molecule has 0 aromatic carbocycles. The molecule has 3 aliphatic rings. The predicted octanol–water partition coefficient (Wildman–Crippen LogP) is 5.48. The number of aromatic amines is 1. The molecule has 1 unspecified atom stereocenters. The zero-order chi connectivity index (χ0) is 31.2. The van der Waals surface area contributed by atoms with Gasteiger partial charge in [0.15, 0.2) is 11.6 Å². The second-order valence-electron chi connectivity index (χ2n) is 13.5. The zero-order valence-corrected chi connectivity index (χ0v) is 26.3. The molecule has 0 aliphatic carbocycles. The SMILES string of the molecule is Cc1cc(Nc2cc(N3CCC4(CC3)CN(C(=O)OC(C)(C)C)C4)nc(N3CCCC3c3cc(-c4ccccn4)no3)n2)n[nH]1. The van der Waals surface area contributed by atoms with Crippen LogP contribution in [0.2, 0.25) is 0 Å². The smallest absolute Gasteiger partial charge is 0.410 e. The van der Waals surface area contributed by atoms with Crippen LogP contribution in [-0.4, -0.2) is 79.6 Å². The van der Waals surface area contributed by atoms with E-state index in [1.165, 1.54) is 0 Å². The molecule has 1 spiro atoms. The van der Waals surface area contributed by atoms with Crippen LogP contribution in [0.15, 0.2) is 47.1 Å². The van der Waals surface area contributed by atoms with Gasteiger partial charge >= 0.3 is 6.09 Å². The Labute approximate surface area is 262 Å². The molecular formula is C32H40N10O3. The number of carbonyl (C=O) groups is 1. The first-order valence-electron chi connectivity index (χ1n) is 15.7. The Balaban J connectivity index is 1.11. The molecule has 0 saturated carbocycles. The third kappa shape index (κ3) is 6.16. The predicted molar refractivity (Wildman–Crippen MR) is 169 cm³/mol. The molecule has 2 N–H and O–H groups in total. The van der Waals surface area contributed by atoms with Gasteiger partial charge < -0.3 is 29.3 Å². The number of nitrogens with one attached hydrogen (secondary N) is 2. The number of ether oxygens (including phenoxy) is 1. The number of nitrogens with zero attached hydrogens (tertiary/aromatic N) is 8. The molecule has 3 aliphatic heterocycles. The summed E-state index contributed by atoms with van der Waals surface area (Å²) in [5.74, 6) is 3.66. The van der Waals surface area contributed by atoms with E-state index in [9.17, 15) is 4.79 Å². The lowest BCUT2D eigenvalue weighted by Crippen LogP contribution is -2.62. The van der Waals surface area contributed by atoms with E-state index in [-0.39, 0.29) is 17.6 Å². The van der Waals surface area contributed by atoms with Crippen molar-refractivity contribution in [3.8, 4) is 11.4 Å². The number of anilines is 4. The normalized spacial score (nSPS) is 19.6. The summed E-state index contributed by atoms with van der Waals surface area (Å²) >= 11 is 0. The molecule has 3 saturated heterocycles. The van der Waals surface area contributed by atoms with Gasteiger partial charge in [0, 0.05) is 68.2 Å². The summed E-state index contributed by atoms with van der Waals surface area (Å²) in [6.45, 7) is 11.7. The lowest BCUT2D eigenvalue weighted by atomic mass is 9.72. The molecule has 1 amide bonds. The summed E-state index contributed by atoms with van der Waals surface area (Å²) in [6, 6.07) is 11.6. The van der Waals surface area contributed by atoms with Crippen molar-refractivity contribution in [2.75, 3.05) is 47.8 Å². The molecule has 7 rings (SSSR count). The number of carbonyl (C=O) groups excluding carboxylic acids is 1. The number of rotatable bonds is 6. The highest BCUT2D eigenvalue weighted by atomic mass is 16.6. The minimum absolute atomic E-state index is 0.0378. The standard InChI is InChI=1S/C32H40N10O3/c1-21-16-27(38-37-21)34-26-18-28(40-14-10-32(11-15-40)19-41(20-32)30(43)44-31(2,3)4)36-29(35-26)42-13-7-9-24(42)25-17-23(39-45-25)22-8-5-6-12-33-22/h5-6,8,12,16-18,24H,7,9-11,13-15,19-20H2,1-4H3,(H2,34,35,36,37,38). The van der Waals surface area contributed by atoms with Crippen LogP contribution in [0.25, 0.3) is 11.4 Å². The second kappa shape index (κ2) is 11.4. The summed E-state index contributed by atoms with van der Waals surface area (Å²) in [5, 5.41) is 15.0. The highest BCUT2D eigenvalue weighted by Crippen LogP contribution is 2.43. The van der Waals surface area contributed by atoms with Gasteiger partial charge in [-0.15, -0.1) is 0 Å². The molecule has 45 heavy (non-hydrogen) atoms. The number of aromatic nitrogens is 6. The Hall–Kier alpha value is -4.68. The van der Waals surface area contributed by atoms with Crippen molar-refractivity contribution in [1.82, 2.24) is 35.2 Å². The fraction of sp³-hybridized carbons (Fsp3) is 0.500. The van der Waals surface area contributed by atoms with Crippen LogP contribution in [0.3, 0.4) is 0 Å². The van der Waals surface area contributed by atoms with E-state index < -0.39 is 5.60 Å². The van der Waals surface area contributed by atoms with Crippen LogP contribution in [0.4, 0.5) is 28.2 Å². The molecule has 13 heteroatoms. The zero-order valence-electron chi connectivity index (χ0n) is 26.3. The first-order valence-corrected chi connectivity index (χ1v) is 15.7. The number of likely N-dealkylation sites (tertiary alicyclic amines) is 1. The lowest BCUT2D eigenvalue weighted by molar-refractivity contribution is -0.0434. The fourth-order valence-corrected chi connectivity index (χ4v) is 6.52. The average Bonchev–Trinajstić information content (AvgIpc) is 3.77. The Bertz CT molecular complexity index is 1650. The van der Waals surface area contributed by atoms with Gasteiger partial charge in [0.05, 0.1) is 11.7 Å². The van der Waals surface area contributed by atoms with Gasteiger partial charge in [0.2, 0.25) is 5.95 Å². The summed E-state index contributed by atoms with van der Waals surface area (Å²) in [4.78, 5) is 33.4. The summed E-state index contributed by atoms with van der Waals surface area (Å²) in [6.07, 6.45) is 5.39. The van der Waals surface area contributed by atoms with Crippen molar-refractivity contribution in [3.05, 3.63) is 54.0 Å². The maximum absolute atomic E-state index is 12.6. The van der Waals surface area contributed by atoms with Crippen molar-refractivity contribution in [1.29, 1.82) is 0 Å². The van der Waals surface area contributed by atoms with E-state index in [2.05, 4.69) is 35.5 Å². The third-order valence-corrected chi connectivity index (χ3v) is 8.81. The number of amides is 1. The third-order valence-electron chi connectivity index (χ3n) is 8.81. The Morgan fingerprint density at radius 1 is 1.07 bits per heavy atom. The highest BCUT2D eigenvalue weighted by molar-refractivity contribution is 5.69. The molecule has 3 fully saturated rings. The van der Waals surface area contributed by atoms with Crippen molar-refractivity contribution in [2.45, 2.75) is 65.0 Å². The Kier molecular flexibility index (Phi) is 7.33. The molecular weight excluding hydrogens is 572 g/mol. The summed E-state index contributed by atoms with van der Waals surface area (Å²) in [5.41, 5.74) is 2.10. The largest absolute Gasteiger partial charge is 0.444 e. The van der Waals surface area contributed by atoms with Gasteiger partial charge in [0.25, 0.3) is 0 Å². The molecule has 7 heterocycles. The molecule has 4 aromatic heterocycles. The number of hydrogen-bond acceptors (Lipinski definition) is 11. The van der Waals surface area contributed by atoms with Gasteiger partial charge in [-0.25, -0.2) is 4.79 Å². The monoisotopic (exact) mass is 612 g/mol. The number of pyridine rings is 1. The first-order chi connectivity index (χ1) is 21.6. The van der Waals surface area contributed by atoms with Crippen LogP contribution in [0.5, 0.6) is 0 Å². The van der Waals surface area contributed by atoms with E-state index in [1.54, 1.807) is 6.20 Å². The molecule has 4 aromatic rings. The number of hydrogen-bond donors (Lipinski definition) is 2. The van der Waals surface area contributed by atoms with Gasteiger partial charge in [0.1, 0.15) is 22.9 Å². The summed E-state index contributed by atoms with van der Waals surface area (Å²) < 4.78 is 11.4. The Morgan fingerprint density at radius 2 is 1.89 bits per heavy atom. The fourth-order valence-electron chi connectivity index (χ4n) is 6.52. The lowest BCUT2D eigenvalue weighted by Gasteiger charge is -2.53. The van der Waals surface area contributed by atoms with Crippen LogP contribution < -0.4 is 15.1 Å². The molecule has 0 radical (unpaired) electrons. The van der Waals surface area contributed by atoms with Crippen LogP contribution in [0, 0.1) is 12.3 Å². The van der Waals surface area contributed by atoms with Crippen LogP contribution in [0.1, 0.15) is 64.0 Å². The van der Waals surface area contributed by atoms with Crippen molar-refractivity contribution >= 4 is 29.5 Å². The maximum Gasteiger partial charge on any atom is 0.410 e. The van der Waals surface area contributed by atoms with E-state index in [0.717, 1.165) is 81.4 Å². The number of piperidine rings is 1. The average molecular weight is 613 g/mol. The van der Waals surface area contributed by atoms with Crippen molar-refractivity contribution in [2.24, 2.45) is 5.41 Å².